The maximum Gasteiger partial charge on any atom is 0.315 e. The van der Waals surface area contributed by atoms with Crippen molar-refractivity contribution in [3.63, 3.8) is 0 Å². The summed E-state index contributed by atoms with van der Waals surface area (Å²) in [4.78, 5) is 12.8. The van der Waals surface area contributed by atoms with E-state index in [4.69, 9.17) is 0 Å². The number of carboxylic acid groups (broad SMARTS) is 1. The van der Waals surface area contributed by atoms with Crippen molar-refractivity contribution in [2.24, 2.45) is 0 Å². The minimum atomic E-state index is -1.09. The lowest BCUT2D eigenvalue weighted by Gasteiger charge is -2.47. The summed E-state index contributed by atoms with van der Waals surface area (Å²) in [5.41, 5.74) is 1.01. The van der Waals surface area contributed by atoms with Gasteiger partial charge in [0.15, 0.2) is 0 Å². The Bertz CT molecular complexity index is 829. The fourth-order valence-electron chi connectivity index (χ4n) is 4.26. The van der Waals surface area contributed by atoms with Gasteiger partial charge in [-0.1, -0.05) is 97.9 Å². The molecule has 3 rings (SSSR count). The Balaban J connectivity index is 0.00000196. The van der Waals surface area contributed by atoms with Gasteiger partial charge in [0.1, 0.15) is 5.41 Å². The number of hydrogen-bond donors (Lipinski definition) is 1. The Morgan fingerprint density at radius 1 is 0.750 bits per heavy atom. The highest BCUT2D eigenvalue weighted by molar-refractivity contribution is 8.93. The first-order valence-corrected chi connectivity index (χ1v) is 8.97. The first-order chi connectivity index (χ1) is 12.6. The molecule has 0 heterocycles. The third-order valence-electron chi connectivity index (χ3n) is 5.72. The number of carbonyl (C=O) groups is 1. The molecule has 0 amide bonds. The van der Waals surface area contributed by atoms with E-state index in [1.807, 2.05) is 97.9 Å². The second kappa shape index (κ2) is 10.0. The van der Waals surface area contributed by atoms with Crippen molar-refractivity contribution in [2.75, 3.05) is 0 Å². The van der Waals surface area contributed by atoms with Crippen molar-refractivity contribution in [1.82, 2.24) is 0 Å². The molecule has 28 heavy (non-hydrogen) atoms. The van der Waals surface area contributed by atoms with Crippen molar-refractivity contribution >= 4 is 32.8 Å². The highest BCUT2D eigenvalue weighted by Crippen LogP contribution is 2.51. The van der Waals surface area contributed by atoms with Crippen molar-refractivity contribution in [2.45, 2.75) is 31.1 Å². The van der Waals surface area contributed by atoms with Crippen molar-refractivity contribution in [3.8, 4) is 0 Å². The third-order valence-corrected chi connectivity index (χ3v) is 5.72. The van der Waals surface area contributed by atoms with Crippen molar-refractivity contribution < 1.29 is 9.90 Å². The van der Waals surface area contributed by atoms with Crippen LogP contribution in [-0.4, -0.2) is 11.1 Å². The van der Waals surface area contributed by atoms with Crippen LogP contribution in [-0.2, 0) is 15.6 Å². The van der Waals surface area contributed by atoms with Crippen LogP contribution in [0.1, 0.15) is 37.0 Å². The van der Waals surface area contributed by atoms with Crippen LogP contribution in [0.2, 0.25) is 0 Å². The van der Waals surface area contributed by atoms with Gasteiger partial charge in [-0.25, -0.2) is 0 Å². The van der Waals surface area contributed by atoms with Crippen LogP contribution in [0.15, 0.2) is 91.0 Å². The summed E-state index contributed by atoms with van der Waals surface area (Å²) < 4.78 is 0. The largest absolute Gasteiger partial charge is 0.481 e. The number of aliphatic carboxylic acids is 1. The van der Waals surface area contributed by atoms with E-state index in [-0.39, 0.29) is 26.9 Å². The zero-order chi connectivity index (χ0) is 18.6. The Hall–Kier alpha value is -1.96. The monoisotopic (exact) mass is 458 g/mol. The molecule has 0 aliphatic carbocycles. The Labute approximate surface area is 181 Å². The fourth-order valence-corrected chi connectivity index (χ4v) is 4.26. The topological polar surface area (TPSA) is 37.3 Å². The van der Waals surface area contributed by atoms with Crippen LogP contribution in [0, 0.1) is 0 Å². The smallest absolute Gasteiger partial charge is 0.315 e. The molecule has 0 saturated heterocycles. The normalized spacial score (nSPS) is 12.8. The summed E-state index contributed by atoms with van der Waals surface area (Å²) in [7, 11) is 0. The molecule has 2 unspecified atom stereocenters. The molecular weight excluding hydrogens is 431 g/mol. The zero-order valence-corrected chi connectivity index (χ0v) is 19.5. The summed E-state index contributed by atoms with van der Waals surface area (Å²) in [6.45, 7) is 4.02. The van der Waals surface area contributed by atoms with E-state index in [0.29, 0.717) is 6.42 Å². The van der Waals surface area contributed by atoms with Crippen LogP contribution < -0.4 is 0 Å². The second-order valence-corrected chi connectivity index (χ2v) is 6.79. The molecular formula is C24H28BrO2P. The molecule has 148 valence electrons. The van der Waals surface area contributed by atoms with Crippen LogP contribution in [0.25, 0.3) is 0 Å². The van der Waals surface area contributed by atoms with Crippen LogP contribution >= 0.6 is 26.9 Å². The Morgan fingerprint density at radius 3 is 1.36 bits per heavy atom. The summed E-state index contributed by atoms with van der Waals surface area (Å²) in [5.74, 6) is -0.804. The lowest BCUT2D eigenvalue weighted by molar-refractivity contribution is -0.146. The summed E-state index contributed by atoms with van der Waals surface area (Å²) in [6, 6.07) is 29.6. The lowest BCUT2D eigenvalue weighted by Crippen LogP contribution is -2.53. The van der Waals surface area contributed by atoms with Gasteiger partial charge in [0.2, 0.25) is 0 Å². The molecule has 0 aromatic heterocycles. The minimum absolute atomic E-state index is 0. The van der Waals surface area contributed by atoms with E-state index in [2.05, 4.69) is 6.92 Å². The van der Waals surface area contributed by atoms with Crippen LogP contribution in [0.4, 0.5) is 0 Å². The second-order valence-electron chi connectivity index (χ2n) is 6.79. The zero-order valence-electron chi connectivity index (χ0n) is 16.3. The SMILES string of the molecule is Br.CCC(C(=O)O)(c1ccccc1)C(C)(c1ccccc1)c1ccccc1.P. The predicted octanol–water partition coefficient (Wildman–Crippen LogP) is 6.06. The van der Waals surface area contributed by atoms with Gasteiger partial charge < -0.3 is 5.11 Å². The summed E-state index contributed by atoms with van der Waals surface area (Å²) in [5, 5.41) is 10.5. The maximum atomic E-state index is 12.8. The fraction of sp³-hybridized carbons (Fsp3) is 0.208. The first-order valence-electron chi connectivity index (χ1n) is 8.97. The quantitative estimate of drug-likeness (QED) is 0.455. The summed E-state index contributed by atoms with van der Waals surface area (Å²) in [6.07, 6.45) is 0.479. The molecule has 0 spiro atoms. The number of halogens is 1. The lowest BCUT2D eigenvalue weighted by atomic mass is 9.54. The van der Waals surface area contributed by atoms with Gasteiger partial charge in [0.05, 0.1) is 0 Å². The van der Waals surface area contributed by atoms with Crippen LogP contribution in [0.3, 0.4) is 0 Å². The van der Waals surface area contributed by atoms with E-state index in [0.717, 1.165) is 16.7 Å². The molecule has 0 fully saturated rings. The molecule has 0 saturated carbocycles. The van der Waals surface area contributed by atoms with Crippen molar-refractivity contribution in [1.29, 1.82) is 0 Å². The maximum absolute atomic E-state index is 12.8. The first kappa shape index (κ1) is 24.1. The molecule has 1 N–H and O–H groups in total. The molecule has 2 nitrogen and oxygen atoms in total. The molecule has 2 atom stereocenters. The van der Waals surface area contributed by atoms with Gasteiger partial charge in [0, 0.05) is 5.41 Å². The van der Waals surface area contributed by atoms with Gasteiger partial charge in [-0.05, 0) is 30.0 Å². The number of carboxylic acids is 1. The van der Waals surface area contributed by atoms with Crippen molar-refractivity contribution in [3.05, 3.63) is 108 Å². The Kier molecular flexibility index (Phi) is 8.60. The summed E-state index contributed by atoms with van der Waals surface area (Å²) >= 11 is 0. The molecule has 0 bridgehead atoms. The Morgan fingerprint density at radius 2 is 1.07 bits per heavy atom. The average molecular weight is 459 g/mol. The van der Waals surface area contributed by atoms with E-state index >= 15 is 0 Å². The standard InChI is InChI=1S/C24H24O2.BrH.H3P/c1-3-24(22(25)26,21-17-11-6-12-18-21)23(2,19-13-7-4-8-14-19)20-15-9-5-10-16-20;;/h4-18H,3H2,1-2H3,(H,25,26);1H;1H3. The van der Waals surface area contributed by atoms with Gasteiger partial charge in [0.25, 0.3) is 0 Å². The number of rotatable bonds is 6. The average Bonchev–Trinajstić information content (AvgIpc) is 2.70. The molecule has 0 radical (unpaired) electrons. The minimum Gasteiger partial charge on any atom is -0.481 e. The highest BCUT2D eigenvalue weighted by Gasteiger charge is 2.55. The third kappa shape index (κ3) is 3.79. The molecule has 3 aromatic carbocycles. The van der Waals surface area contributed by atoms with Gasteiger partial charge in [-0.3, -0.25) is 4.79 Å². The van der Waals surface area contributed by atoms with Gasteiger partial charge in [-0.2, -0.15) is 9.90 Å². The van der Waals surface area contributed by atoms with E-state index < -0.39 is 16.8 Å². The highest BCUT2D eigenvalue weighted by atomic mass is 79.9. The molecule has 3 aromatic rings. The number of benzene rings is 3. The van der Waals surface area contributed by atoms with E-state index in [9.17, 15) is 9.90 Å². The van der Waals surface area contributed by atoms with Gasteiger partial charge in [-0.15, -0.1) is 17.0 Å². The van der Waals surface area contributed by atoms with E-state index in [1.165, 1.54) is 0 Å². The molecule has 0 aliphatic rings. The van der Waals surface area contributed by atoms with Gasteiger partial charge >= 0.3 is 5.97 Å². The number of hydrogen-bond acceptors (Lipinski definition) is 1. The van der Waals surface area contributed by atoms with E-state index in [1.54, 1.807) is 0 Å². The molecule has 0 aliphatic heterocycles. The molecule has 4 heteroatoms. The van der Waals surface area contributed by atoms with Crippen LogP contribution in [0.5, 0.6) is 0 Å². The predicted molar refractivity (Wildman–Crippen MR) is 127 cm³/mol.